The molecule has 1 aromatic heterocycles. The van der Waals surface area contributed by atoms with Crippen LogP contribution < -0.4 is 10.5 Å². The molecular weight excluding hydrogens is 659 g/mol. The van der Waals surface area contributed by atoms with Crippen molar-refractivity contribution >= 4 is 40.3 Å². The fourth-order valence-corrected chi connectivity index (χ4v) is 7.12. The van der Waals surface area contributed by atoms with Gasteiger partial charge in [0.1, 0.15) is 17.4 Å². The minimum atomic E-state index is -3.20. The maximum atomic E-state index is 15.5. The summed E-state index contributed by atoms with van der Waals surface area (Å²) in [6, 6.07) is 14.1. The molecule has 2 atom stereocenters. The molecule has 2 bridgehead atoms. The van der Waals surface area contributed by atoms with Gasteiger partial charge in [-0.15, -0.1) is 0 Å². The molecule has 1 aliphatic rings. The Balaban J connectivity index is 1.62. The number of amidine groups is 2. The standard InChI is InChI=1S/C35H39BF4N4O4S/c1-34(23-6-4-5-22(19-23)9-15-36(2)48-45)12-13-35(39,40)14-18-49(46)17-11-26-25-10-16-43-30(25)21-29(38)31(26)47-24-7-8-28(37)27(20-24)32(42-3)44-33(34)41/h4-8,10,16,19-21,43,45H,9,11-15,17-18H2,1-3H3,(H2,41,42,44). The number of aromatic nitrogens is 1. The highest BCUT2D eigenvalue weighted by atomic mass is 32.2. The monoisotopic (exact) mass is 698 g/mol. The van der Waals surface area contributed by atoms with Gasteiger partial charge in [0.25, 0.3) is 0 Å². The highest BCUT2D eigenvalue weighted by molar-refractivity contribution is 7.84. The topological polar surface area (TPSA) is 122 Å². The summed E-state index contributed by atoms with van der Waals surface area (Å²) in [5.74, 6) is -5.09. The number of aromatic amines is 1. The minimum Gasteiger partial charge on any atom is -0.454 e. The molecule has 0 fully saturated rings. The van der Waals surface area contributed by atoms with Crippen molar-refractivity contribution in [2.24, 2.45) is 15.7 Å². The van der Waals surface area contributed by atoms with E-state index in [1.54, 1.807) is 38.1 Å². The molecule has 3 aromatic carbocycles. The number of rotatable bonds is 5. The predicted octanol–water partition coefficient (Wildman–Crippen LogP) is 7.69. The van der Waals surface area contributed by atoms with E-state index >= 15 is 17.6 Å². The number of fused-ring (bicyclic) bond motifs is 5. The van der Waals surface area contributed by atoms with Crippen LogP contribution in [0.2, 0.25) is 13.1 Å². The van der Waals surface area contributed by atoms with Gasteiger partial charge in [-0.2, -0.15) is 0 Å². The first-order valence-electron chi connectivity index (χ1n) is 16.0. The molecule has 14 heteroatoms. The Morgan fingerprint density at radius 1 is 1.10 bits per heavy atom. The van der Waals surface area contributed by atoms with Crippen LogP contribution in [-0.4, -0.2) is 57.5 Å². The van der Waals surface area contributed by atoms with Gasteiger partial charge in [0.05, 0.1) is 11.0 Å². The number of ether oxygens (including phenoxy) is 1. The molecule has 2 heterocycles. The van der Waals surface area contributed by atoms with E-state index in [9.17, 15) is 4.21 Å². The average Bonchev–Trinajstić information content (AvgIpc) is 3.56. The van der Waals surface area contributed by atoms with E-state index in [2.05, 4.69) is 19.8 Å². The van der Waals surface area contributed by atoms with Crippen LogP contribution in [0.15, 0.2) is 70.8 Å². The Morgan fingerprint density at radius 2 is 1.90 bits per heavy atom. The Bertz CT molecular complexity index is 1900. The Hall–Kier alpha value is -4.01. The van der Waals surface area contributed by atoms with Gasteiger partial charge in [-0.3, -0.25) is 14.5 Å². The second kappa shape index (κ2) is 15.3. The molecule has 0 spiro atoms. The van der Waals surface area contributed by atoms with Crippen molar-refractivity contribution in [1.29, 1.82) is 0 Å². The van der Waals surface area contributed by atoms with E-state index in [1.807, 2.05) is 12.1 Å². The fraction of sp³-hybridized carbons (Fsp3) is 0.371. The SMILES string of the molecule is CN=C1N=C(N)C(C)(c2cccc(CCB(C)OO)c2)CCC(F)(F)CCS(=O)CCc2c(c(F)cc3[nH]ccc23)Oc2ccc(F)c1c2. The molecule has 0 aliphatic carbocycles. The van der Waals surface area contributed by atoms with Crippen LogP contribution in [0.25, 0.3) is 10.9 Å². The second-order valence-electron chi connectivity index (χ2n) is 12.6. The largest absolute Gasteiger partial charge is 0.454 e. The van der Waals surface area contributed by atoms with E-state index in [-0.39, 0.29) is 53.1 Å². The zero-order valence-electron chi connectivity index (χ0n) is 27.6. The van der Waals surface area contributed by atoms with Gasteiger partial charge in [-0.1, -0.05) is 31.1 Å². The molecular formula is C35H39BF4N4O4S. The molecule has 4 N–H and O–H groups in total. The van der Waals surface area contributed by atoms with Crippen LogP contribution in [0.1, 0.15) is 48.4 Å². The summed E-state index contributed by atoms with van der Waals surface area (Å²) in [6.45, 7) is 3.00. The first kappa shape index (κ1) is 36.3. The first-order valence-corrected chi connectivity index (χ1v) is 17.5. The maximum Gasteiger partial charge on any atom is 0.337 e. The van der Waals surface area contributed by atoms with Crippen molar-refractivity contribution in [3.63, 3.8) is 0 Å². The van der Waals surface area contributed by atoms with E-state index < -0.39 is 53.5 Å². The molecule has 260 valence electrons. The van der Waals surface area contributed by atoms with E-state index in [4.69, 9.17) is 15.7 Å². The molecule has 0 amide bonds. The summed E-state index contributed by atoms with van der Waals surface area (Å²) >= 11 is 0. The molecule has 4 aromatic rings. The van der Waals surface area contributed by atoms with E-state index in [0.29, 0.717) is 34.8 Å². The number of aryl methyl sites for hydroxylation is 2. The Morgan fingerprint density at radius 3 is 2.65 bits per heavy atom. The maximum absolute atomic E-state index is 15.5. The predicted molar refractivity (Wildman–Crippen MR) is 187 cm³/mol. The zero-order valence-corrected chi connectivity index (χ0v) is 28.4. The highest BCUT2D eigenvalue weighted by Crippen LogP contribution is 2.38. The number of H-pyrrole nitrogens is 1. The normalized spacial score (nSPS) is 21.3. The number of hydrogen-bond acceptors (Lipinski definition) is 6. The number of nitrogens with one attached hydrogen (secondary N) is 1. The van der Waals surface area contributed by atoms with Crippen LogP contribution in [0.3, 0.4) is 0 Å². The van der Waals surface area contributed by atoms with Crippen molar-refractivity contribution < 1.29 is 36.6 Å². The number of benzene rings is 3. The summed E-state index contributed by atoms with van der Waals surface area (Å²) in [5, 5.41) is 9.61. The Labute approximate surface area is 285 Å². The molecule has 0 saturated carbocycles. The number of aliphatic imine (C=N–C) groups is 2. The van der Waals surface area contributed by atoms with Crippen molar-refractivity contribution in [2.45, 2.75) is 63.5 Å². The van der Waals surface area contributed by atoms with Crippen molar-refractivity contribution in [3.05, 3.63) is 94.7 Å². The Kier molecular flexibility index (Phi) is 11.3. The molecule has 0 saturated heterocycles. The third-order valence-electron chi connectivity index (χ3n) is 9.12. The quantitative estimate of drug-likeness (QED) is 0.0854. The highest BCUT2D eigenvalue weighted by Gasteiger charge is 2.38. The van der Waals surface area contributed by atoms with Crippen LogP contribution in [-0.2, 0) is 33.9 Å². The summed E-state index contributed by atoms with van der Waals surface area (Å²) < 4.78 is 81.1. The van der Waals surface area contributed by atoms with Crippen LogP contribution >= 0.6 is 0 Å². The smallest absolute Gasteiger partial charge is 0.337 e. The van der Waals surface area contributed by atoms with Crippen LogP contribution in [0.5, 0.6) is 11.5 Å². The lowest BCUT2D eigenvalue weighted by Gasteiger charge is -2.32. The summed E-state index contributed by atoms with van der Waals surface area (Å²) in [5.41, 5.74) is 7.69. The zero-order chi connectivity index (χ0) is 35.3. The number of nitrogens with zero attached hydrogens (tertiary/aromatic N) is 2. The fourth-order valence-electron chi connectivity index (χ4n) is 5.96. The summed E-state index contributed by atoms with van der Waals surface area (Å²) in [7, 11) is -0.248. The van der Waals surface area contributed by atoms with Crippen molar-refractivity contribution in [2.75, 3.05) is 18.6 Å². The number of nitrogens with two attached hydrogens (primary N) is 1. The third-order valence-corrected chi connectivity index (χ3v) is 10.4. The number of hydrogen-bond donors (Lipinski definition) is 3. The molecule has 1 aliphatic heterocycles. The summed E-state index contributed by atoms with van der Waals surface area (Å²) in [4.78, 5) is 16.0. The third kappa shape index (κ3) is 8.42. The minimum absolute atomic E-state index is 0.00152. The average molecular weight is 699 g/mol. The van der Waals surface area contributed by atoms with Crippen LogP contribution in [0, 0.1) is 11.6 Å². The first-order chi connectivity index (χ1) is 23.3. The van der Waals surface area contributed by atoms with Gasteiger partial charge in [0.15, 0.2) is 17.4 Å². The van der Waals surface area contributed by atoms with Crippen molar-refractivity contribution in [3.8, 4) is 11.5 Å². The van der Waals surface area contributed by atoms with Gasteiger partial charge in [0, 0.05) is 70.9 Å². The van der Waals surface area contributed by atoms with Gasteiger partial charge < -0.3 is 20.3 Å². The van der Waals surface area contributed by atoms with E-state index in [1.165, 1.54) is 25.2 Å². The number of alkyl halides is 2. The molecule has 0 radical (unpaired) electrons. The lowest BCUT2D eigenvalue weighted by Crippen LogP contribution is -2.41. The van der Waals surface area contributed by atoms with Gasteiger partial charge in [0.2, 0.25) is 5.92 Å². The molecule has 2 unspecified atom stereocenters. The second-order valence-corrected chi connectivity index (χ2v) is 14.3. The van der Waals surface area contributed by atoms with Gasteiger partial charge in [-0.25, -0.2) is 22.6 Å². The molecule has 8 nitrogen and oxygen atoms in total. The van der Waals surface area contributed by atoms with Crippen LogP contribution in [0.4, 0.5) is 17.6 Å². The van der Waals surface area contributed by atoms with Crippen molar-refractivity contribution in [1.82, 2.24) is 4.98 Å². The van der Waals surface area contributed by atoms with Gasteiger partial charge in [-0.05, 0) is 67.9 Å². The lowest BCUT2D eigenvalue weighted by atomic mass is 9.66. The van der Waals surface area contributed by atoms with Gasteiger partial charge >= 0.3 is 6.92 Å². The number of halogens is 4. The molecule has 5 rings (SSSR count). The lowest BCUT2D eigenvalue weighted by molar-refractivity contribution is -0.143. The summed E-state index contributed by atoms with van der Waals surface area (Å²) in [6.07, 6.45) is 1.40. The molecule has 49 heavy (non-hydrogen) atoms. The van der Waals surface area contributed by atoms with E-state index in [0.717, 1.165) is 11.6 Å².